The fourth-order valence-corrected chi connectivity index (χ4v) is 2.48. The summed E-state index contributed by atoms with van der Waals surface area (Å²) in [6, 6.07) is 9.69. The molecule has 1 N–H and O–H groups in total. The summed E-state index contributed by atoms with van der Waals surface area (Å²) < 4.78 is 0. The van der Waals surface area contributed by atoms with Crippen molar-refractivity contribution in [3.8, 4) is 0 Å². The third-order valence-electron chi connectivity index (χ3n) is 3.92. The van der Waals surface area contributed by atoms with Crippen LogP contribution in [0, 0.1) is 0 Å². The first-order valence-electron chi connectivity index (χ1n) is 8.00. The van der Waals surface area contributed by atoms with Crippen LogP contribution in [0.15, 0.2) is 48.8 Å². The van der Waals surface area contributed by atoms with E-state index in [0.29, 0.717) is 11.6 Å². The van der Waals surface area contributed by atoms with Gasteiger partial charge in [0.05, 0.1) is 18.1 Å². The topological polar surface area (TPSA) is 61.4 Å². The Hall–Kier alpha value is -2.73. The monoisotopic (exact) mass is 323 g/mol. The maximum atomic E-state index is 11.9. The number of piperazine rings is 1. The van der Waals surface area contributed by atoms with Gasteiger partial charge in [0.1, 0.15) is 0 Å². The summed E-state index contributed by atoms with van der Waals surface area (Å²) in [5, 5.41) is 2.77. The summed E-state index contributed by atoms with van der Waals surface area (Å²) in [5.41, 5.74) is 1.57. The zero-order valence-corrected chi connectivity index (χ0v) is 13.7. The molecule has 6 nitrogen and oxygen atoms in total. The van der Waals surface area contributed by atoms with Gasteiger partial charge in [-0.15, -0.1) is 0 Å². The van der Waals surface area contributed by atoms with Crippen LogP contribution in [0.25, 0.3) is 6.08 Å². The van der Waals surface area contributed by atoms with E-state index in [4.69, 9.17) is 0 Å². The molecule has 1 aromatic heterocycles. The van der Waals surface area contributed by atoms with E-state index in [-0.39, 0.29) is 5.91 Å². The number of anilines is 2. The summed E-state index contributed by atoms with van der Waals surface area (Å²) in [5.74, 6) is 0.510. The van der Waals surface area contributed by atoms with E-state index < -0.39 is 0 Å². The molecular formula is C18H21N5O. The molecule has 0 radical (unpaired) electrons. The molecule has 2 aromatic rings. The van der Waals surface area contributed by atoms with Crippen molar-refractivity contribution in [1.29, 1.82) is 0 Å². The summed E-state index contributed by atoms with van der Waals surface area (Å²) in [6.07, 6.45) is 6.57. The van der Waals surface area contributed by atoms with Gasteiger partial charge in [-0.05, 0) is 18.7 Å². The second kappa shape index (κ2) is 7.70. The van der Waals surface area contributed by atoms with Crippen LogP contribution in [0.3, 0.4) is 0 Å². The van der Waals surface area contributed by atoms with Crippen molar-refractivity contribution in [2.45, 2.75) is 0 Å². The molecule has 0 aliphatic carbocycles. The van der Waals surface area contributed by atoms with E-state index in [2.05, 4.69) is 32.1 Å². The summed E-state index contributed by atoms with van der Waals surface area (Å²) in [7, 11) is 2.11. The minimum Gasteiger partial charge on any atom is -0.338 e. The average molecular weight is 323 g/mol. The largest absolute Gasteiger partial charge is 0.338 e. The molecule has 1 fully saturated rings. The zero-order valence-electron chi connectivity index (χ0n) is 13.7. The van der Waals surface area contributed by atoms with Crippen LogP contribution in [0.5, 0.6) is 0 Å². The Bertz CT molecular complexity index is 691. The standard InChI is InChI=1S/C18H21N5O/c1-22-9-11-23(12-10-22)18-19-13-16(14-20-18)21-17(24)8-7-15-5-3-2-4-6-15/h2-8,13-14H,9-12H2,1H3,(H,21,24). The molecular weight excluding hydrogens is 302 g/mol. The van der Waals surface area contributed by atoms with Gasteiger partial charge in [0.15, 0.2) is 0 Å². The molecule has 1 aliphatic heterocycles. The van der Waals surface area contributed by atoms with Crippen molar-refractivity contribution < 1.29 is 4.79 Å². The lowest BCUT2D eigenvalue weighted by Crippen LogP contribution is -2.45. The Balaban J connectivity index is 1.56. The van der Waals surface area contributed by atoms with Crippen molar-refractivity contribution in [2.24, 2.45) is 0 Å². The van der Waals surface area contributed by atoms with Gasteiger partial charge in [0.2, 0.25) is 11.9 Å². The highest BCUT2D eigenvalue weighted by Gasteiger charge is 2.16. The Kier molecular flexibility index (Phi) is 5.18. The van der Waals surface area contributed by atoms with Crippen molar-refractivity contribution in [1.82, 2.24) is 14.9 Å². The van der Waals surface area contributed by atoms with Gasteiger partial charge in [0.25, 0.3) is 0 Å². The number of rotatable bonds is 4. The predicted molar refractivity (Wildman–Crippen MR) is 95.8 cm³/mol. The number of nitrogens with one attached hydrogen (secondary N) is 1. The smallest absolute Gasteiger partial charge is 0.248 e. The second-order valence-electron chi connectivity index (χ2n) is 5.80. The molecule has 1 aromatic carbocycles. The van der Waals surface area contributed by atoms with E-state index in [0.717, 1.165) is 31.7 Å². The molecule has 3 rings (SSSR count). The SMILES string of the molecule is CN1CCN(c2ncc(NC(=O)C=Cc3ccccc3)cn2)CC1. The minimum atomic E-state index is -0.199. The summed E-state index contributed by atoms with van der Waals surface area (Å²) >= 11 is 0. The van der Waals surface area contributed by atoms with Crippen molar-refractivity contribution >= 4 is 23.6 Å². The number of hydrogen-bond acceptors (Lipinski definition) is 5. The number of hydrogen-bond donors (Lipinski definition) is 1. The molecule has 6 heteroatoms. The second-order valence-corrected chi connectivity index (χ2v) is 5.80. The van der Waals surface area contributed by atoms with Crippen LogP contribution < -0.4 is 10.2 Å². The molecule has 0 spiro atoms. The third-order valence-corrected chi connectivity index (χ3v) is 3.92. The van der Waals surface area contributed by atoms with E-state index in [1.54, 1.807) is 18.5 Å². The predicted octanol–water partition coefficient (Wildman–Crippen LogP) is 1.88. The lowest BCUT2D eigenvalue weighted by molar-refractivity contribution is -0.111. The number of benzene rings is 1. The maximum absolute atomic E-state index is 11.9. The Morgan fingerprint density at radius 1 is 1.08 bits per heavy atom. The van der Waals surface area contributed by atoms with Crippen LogP contribution in [-0.4, -0.2) is 54.0 Å². The first-order valence-corrected chi connectivity index (χ1v) is 8.00. The molecule has 0 unspecified atom stereocenters. The third kappa shape index (κ3) is 4.39. The minimum absolute atomic E-state index is 0.199. The molecule has 124 valence electrons. The van der Waals surface area contributed by atoms with Gasteiger partial charge in [0, 0.05) is 32.3 Å². The van der Waals surface area contributed by atoms with Gasteiger partial charge < -0.3 is 15.1 Å². The summed E-state index contributed by atoms with van der Waals surface area (Å²) in [4.78, 5) is 25.1. The highest BCUT2D eigenvalue weighted by molar-refractivity contribution is 6.01. The number of amides is 1. The molecule has 2 heterocycles. The number of nitrogens with zero attached hydrogens (tertiary/aromatic N) is 4. The number of aromatic nitrogens is 2. The van der Waals surface area contributed by atoms with Crippen LogP contribution >= 0.6 is 0 Å². The first-order chi connectivity index (χ1) is 11.7. The molecule has 24 heavy (non-hydrogen) atoms. The number of carbonyl (C=O) groups excluding carboxylic acids is 1. The lowest BCUT2D eigenvalue weighted by Gasteiger charge is -2.32. The lowest BCUT2D eigenvalue weighted by atomic mass is 10.2. The van der Waals surface area contributed by atoms with E-state index in [9.17, 15) is 4.79 Å². The van der Waals surface area contributed by atoms with Gasteiger partial charge in [-0.1, -0.05) is 30.3 Å². The quantitative estimate of drug-likeness (QED) is 0.871. The highest BCUT2D eigenvalue weighted by atomic mass is 16.1. The number of carbonyl (C=O) groups is 1. The van der Waals surface area contributed by atoms with Gasteiger partial charge >= 0.3 is 0 Å². The van der Waals surface area contributed by atoms with Gasteiger partial charge in [-0.25, -0.2) is 9.97 Å². The summed E-state index contributed by atoms with van der Waals surface area (Å²) in [6.45, 7) is 3.85. The van der Waals surface area contributed by atoms with E-state index in [1.807, 2.05) is 30.3 Å². The molecule has 0 atom stereocenters. The fraction of sp³-hybridized carbons (Fsp3) is 0.278. The Morgan fingerprint density at radius 3 is 2.42 bits per heavy atom. The molecule has 0 bridgehead atoms. The highest BCUT2D eigenvalue weighted by Crippen LogP contribution is 2.12. The molecule has 1 aliphatic rings. The molecule has 1 amide bonds. The zero-order chi connectivity index (χ0) is 16.8. The Labute approximate surface area is 141 Å². The molecule has 0 saturated carbocycles. The average Bonchev–Trinajstić information content (AvgIpc) is 2.62. The first kappa shape index (κ1) is 16.1. The van der Waals surface area contributed by atoms with E-state index >= 15 is 0 Å². The van der Waals surface area contributed by atoms with Crippen molar-refractivity contribution in [3.63, 3.8) is 0 Å². The fourth-order valence-electron chi connectivity index (χ4n) is 2.48. The van der Waals surface area contributed by atoms with Crippen molar-refractivity contribution in [3.05, 3.63) is 54.4 Å². The molecule has 1 saturated heterocycles. The normalized spacial score (nSPS) is 15.6. The van der Waals surface area contributed by atoms with Crippen LogP contribution in [-0.2, 0) is 4.79 Å². The van der Waals surface area contributed by atoms with Gasteiger partial charge in [-0.3, -0.25) is 4.79 Å². The van der Waals surface area contributed by atoms with Crippen LogP contribution in [0.1, 0.15) is 5.56 Å². The van der Waals surface area contributed by atoms with Crippen molar-refractivity contribution in [2.75, 3.05) is 43.4 Å². The van der Waals surface area contributed by atoms with E-state index in [1.165, 1.54) is 6.08 Å². The number of likely N-dealkylation sites (N-methyl/N-ethyl adjacent to an activating group) is 1. The van der Waals surface area contributed by atoms with Gasteiger partial charge in [-0.2, -0.15) is 0 Å². The van der Waals surface area contributed by atoms with Crippen LogP contribution in [0.4, 0.5) is 11.6 Å². The maximum Gasteiger partial charge on any atom is 0.248 e. The Morgan fingerprint density at radius 2 is 1.75 bits per heavy atom. The van der Waals surface area contributed by atoms with Crippen LogP contribution in [0.2, 0.25) is 0 Å².